The lowest BCUT2D eigenvalue weighted by Gasteiger charge is -2.50. The van der Waals surface area contributed by atoms with Gasteiger partial charge in [-0.1, -0.05) is 19.4 Å². The average molecular weight is 276 g/mol. The first kappa shape index (κ1) is 13.8. The summed E-state index contributed by atoms with van der Waals surface area (Å²) in [5.74, 6) is 0.944. The van der Waals surface area contributed by atoms with Crippen LogP contribution in [-0.4, -0.2) is 18.9 Å². The predicted molar refractivity (Wildman–Crippen MR) is 76.0 cm³/mol. The Labute approximate surface area is 120 Å². The summed E-state index contributed by atoms with van der Waals surface area (Å²) in [7, 11) is 1.47. The second kappa shape index (κ2) is 4.19. The Kier molecular flexibility index (Phi) is 2.90. The molecule has 0 aromatic heterocycles. The number of allylic oxidation sites excluding steroid dienone is 2. The molecule has 4 atom stereocenters. The molecule has 3 aliphatic carbocycles. The molecule has 1 fully saturated rings. The molecule has 3 aliphatic rings. The highest BCUT2D eigenvalue weighted by molar-refractivity contribution is 6.01. The van der Waals surface area contributed by atoms with Gasteiger partial charge in [0.1, 0.15) is 0 Å². The lowest BCUT2D eigenvalue weighted by molar-refractivity contribution is -0.156. The zero-order valence-corrected chi connectivity index (χ0v) is 12.9. The molecular weight excluding hydrogens is 252 g/mol. The molecule has 1 saturated carbocycles. The topological polar surface area (TPSA) is 43.4 Å². The van der Waals surface area contributed by atoms with Crippen LogP contribution in [0.1, 0.15) is 52.9 Å². The smallest absolute Gasteiger partial charge is 0.312 e. The molecule has 0 unspecified atom stereocenters. The predicted octanol–water partition coefficient (Wildman–Crippen LogP) is 3.28. The van der Waals surface area contributed by atoms with Crippen LogP contribution in [0.4, 0.5) is 0 Å². The summed E-state index contributed by atoms with van der Waals surface area (Å²) >= 11 is 0. The van der Waals surface area contributed by atoms with Gasteiger partial charge in [-0.05, 0) is 55.4 Å². The number of rotatable bonds is 1. The zero-order chi connectivity index (χ0) is 14.7. The van der Waals surface area contributed by atoms with Crippen LogP contribution in [0.15, 0.2) is 11.1 Å². The van der Waals surface area contributed by atoms with E-state index in [1.54, 1.807) is 0 Å². The molecule has 0 radical (unpaired) electrons. The Morgan fingerprint density at radius 1 is 1.30 bits per heavy atom. The first-order valence-electron chi connectivity index (χ1n) is 7.69. The molecule has 0 aromatic carbocycles. The maximum absolute atomic E-state index is 12.4. The molecule has 0 aromatic rings. The minimum atomic E-state index is -0.445. The van der Waals surface area contributed by atoms with Gasteiger partial charge in [-0.3, -0.25) is 9.59 Å². The number of ketones is 1. The highest BCUT2D eigenvalue weighted by Gasteiger charge is 2.58. The van der Waals surface area contributed by atoms with E-state index >= 15 is 0 Å². The summed E-state index contributed by atoms with van der Waals surface area (Å²) < 4.78 is 5.07. The molecule has 3 nitrogen and oxygen atoms in total. The molecule has 0 aliphatic heterocycles. The molecule has 0 N–H and O–H groups in total. The van der Waals surface area contributed by atoms with Crippen LogP contribution in [0.3, 0.4) is 0 Å². The van der Waals surface area contributed by atoms with Crippen molar-refractivity contribution < 1.29 is 14.3 Å². The second-order valence-electron chi connectivity index (χ2n) is 7.35. The summed E-state index contributed by atoms with van der Waals surface area (Å²) in [4.78, 5) is 24.7. The van der Waals surface area contributed by atoms with Crippen molar-refractivity contribution in [3.63, 3.8) is 0 Å². The molecular formula is C17H24O3. The van der Waals surface area contributed by atoms with Gasteiger partial charge in [0.25, 0.3) is 0 Å². The molecule has 0 amide bonds. The third-order valence-electron chi connectivity index (χ3n) is 6.44. The quantitative estimate of drug-likeness (QED) is 0.690. The van der Waals surface area contributed by atoms with Gasteiger partial charge in [-0.25, -0.2) is 0 Å². The van der Waals surface area contributed by atoms with Gasteiger partial charge in [-0.15, -0.1) is 0 Å². The van der Waals surface area contributed by atoms with E-state index in [1.807, 2.05) is 6.92 Å². The minimum absolute atomic E-state index is 0.0228. The third kappa shape index (κ3) is 1.52. The molecule has 0 saturated heterocycles. The SMILES string of the molecule is COC(=O)[C@@]1(C)CCC2=C3[C@@H]1CC[C@@H](C)[C@]3(C)CC2=O. The third-order valence-corrected chi connectivity index (χ3v) is 6.44. The number of Topliss-reactive ketones (excluding diaryl/α,β-unsaturated/α-hetero) is 1. The summed E-state index contributed by atoms with van der Waals surface area (Å²) in [5.41, 5.74) is 1.88. The maximum atomic E-state index is 12.4. The number of hydrogen-bond donors (Lipinski definition) is 0. The molecule has 0 bridgehead atoms. The molecule has 3 rings (SSSR count). The maximum Gasteiger partial charge on any atom is 0.312 e. The monoisotopic (exact) mass is 276 g/mol. The van der Waals surface area contributed by atoms with Gasteiger partial charge in [0, 0.05) is 6.42 Å². The first-order chi connectivity index (χ1) is 9.34. The Bertz CT molecular complexity index is 518. The minimum Gasteiger partial charge on any atom is -0.469 e. The van der Waals surface area contributed by atoms with Crippen LogP contribution < -0.4 is 0 Å². The number of esters is 1. The van der Waals surface area contributed by atoms with E-state index < -0.39 is 5.41 Å². The molecule has 110 valence electrons. The van der Waals surface area contributed by atoms with Crippen molar-refractivity contribution in [2.75, 3.05) is 7.11 Å². The van der Waals surface area contributed by atoms with Crippen LogP contribution >= 0.6 is 0 Å². The van der Waals surface area contributed by atoms with E-state index in [0.717, 1.165) is 31.3 Å². The standard InChI is InChI=1S/C17H24O3/c1-10-5-6-12-14-11(13(18)9-17(10,14)3)7-8-16(12,2)15(19)20-4/h10,12H,5-9H2,1-4H3/t10-,12+,16+,17+/m1/s1. The van der Waals surface area contributed by atoms with E-state index in [1.165, 1.54) is 12.7 Å². The second-order valence-corrected chi connectivity index (χ2v) is 7.35. The van der Waals surface area contributed by atoms with Crippen LogP contribution in [0.2, 0.25) is 0 Å². The zero-order valence-electron chi connectivity index (χ0n) is 12.9. The lowest BCUT2D eigenvalue weighted by atomic mass is 9.53. The van der Waals surface area contributed by atoms with E-state index in [2.05, 4.69) is 13.8 Å². The number of carbonyl (C=O) groups is 2. The fourth-order valence-corrected chi connectivity index (χ4v) is 4.91. The van der Waals surface area contributed by atoms with Crippen LogP contribution in [-0.2, 0) is 14.3 Å². The van der Waals surface area contributed by atoms with Crippen molar-refractivity contribution in [1.29, 1.82) is 0 Å². The number of hydrogen-bond acceptors (Lipinski definition) is 3. The number of methoxy groups -OCH3 is 1. The highest BCUT2D eigenvalue weighted by atomic mass is 16.5. The van der Waals surface area contributed by atoms with Gasteiger partial charge >= 0.3 is 5.97 Å². The van der Waals surface area contributed by atoms with Crippen LogP contribution in [0, 0.1) is 22.7 Å². The van der Waals surface area contributed by atoms with Gasteiger partial charge in [0.05, 0.1) is 12.5 Å². The Morgan fingerprint density at radius 3 is 2.65 bits per heavy atom. The normalized spacial score (nSPS) is 43.5. The molecule has 3 heteroatoms. The van der Waals surface area contributed by atoms with E-state index in [9.17, 15) is 9.59 Å². The molecule has 20 heavy (non-hydrogen) atoms. The van der Waals surface area contributed by atoms with E-state index in [0.29, 0.717) is 18.1 Å². The number of ether oxygens (including phenoxy) is 1. The van der Waals surface area contributed by atoms with E-state index in [-0.39, 0.29) is 17.3 Å². The summed E-state index contributed by atoms with van der Waals surface area (Å²) in [6.07, 6.45) is 4.25. The Morgan fingerprint density at radius 2 is 2.00 bits per heavy atom. The summed E-state index contributed by atoms with van der Waals surface area (Å²) in [6, 6.07) is 0. The van der Waals surface area contributed by atoms with Gasteiger partial charge in [0.15, 0.2) is 5.78 Å². The highest BCUT2D eigenvalue weighted by Crippen LogP contribution is 2.63. The molecule has 0 heterocycles. The summed E-state index contributed by atoms with van der Waals surface area (Å²) in [6.45, 7) is 6.52. The number of carbonyl (C=O) groups excluding carboxylic acids is 2. The van der Waals surface area contributed by atoms with Gasteiger partial charge in [-0.2, -0.15) is 0 Å². The Hall–Kier alpha value is -1.12. The average Bonchev–Trinajstić information content (AvgIpc) is 2.69. The van der Waals surface area contributed by atoms with Crippen molar-refractivity contribution in [3.8, 4) is 0 Å². The largest absolute Gasteiger partial charge is 0.469 e. The van der Waals surface area contributed by atoms with Gasteiger partial charge in [0.2, 0.25) is 0 Å². The van der Waals surface area contributed by atoms with Crippen LogP contribution in [0.25, 0.3) is 0 Å². The van der Waals surface area contributed by atoms with Crippen molar-refractivity contribution in [3.05, 3.63) is 11.1 Å². The molecule has 0 spiro atoms. The van der Waals surface area contributed by atoms with Crippen molar-refractivity contribution in [1.82, 2.24) is 0 Å². The summed E-state index contributed by atoms with van der Waals surface area (Å²) in [5, 5.41) is 0. The first-order valence-corrected chi connectivity index (χ1v) is 7.69. The van der Waals surface area contributed by atoms with Crippen LogP contribution in [0.5, 0.6) is 0 Å². The van der Waals surface area contributed by atoms with Crippen molar-refractivity contribution >= 4 is 11.8 Å². The van der Waals surface area contributed by atoms with Crippen molar-refractivity contribution in [2.45, 2.75) is 52.9 Å². The lowest BCUT2D eigenvalue weighted by Crippen LogP contribution is -2.46. The van der Waals surface area contributed by atoms with Crippen molar-refractivity contribution in [2.24, 2.45) is 22.7 Å². The van der Waals surface area contributed by atoms with E-state index in [4.69, 9.17) is 4.74 Å². The van der Waals surface area contributed by atoms with Gasteiger partial charge < -0.3 is 4.74 Å². The fourth-order valence-electron chi connectivity index (χ4n) is 4.91. The Balaban J connectivity index is 2.12. The fraction of sp³-hybridized carbons (Fsp3) is 0.765.